The molecule has 2 unspecified atom stereocenters. The van der Waals surface area contributed by atoms with Crippen molar-refractivity contribution in [3.05, 3.63) is 29.3 Å². The average molecular weight is 424 g/mol. The van der Waals surface area contributed by atoms with Gasteiger partial charge in [0.25, 0.3) is 0 Å². The van der Waals surface area contributed by atoms with Crippen molar-refractivity contribution in [1.82, 2.24) is 15.1 Å². The van der Waals surface area contributed by atoms with Gasteiger partial charge in [-0.2, -0.15) is 0 Å². The summed E-state index contributed by atoms with van der Waals surface area (Å²) in [6.45, 7) is 10.9. The van der Waals surface area contributed by atoms with Gasteiger partial charge in [0.05, 0.1) is 25.3 Å². The molecule has 2 atom stereocenters. The Labute approximate surface area is 179 Å². The minimum atomic E-state index is 0.0685. The van der Waals surface area contributed by atoms with Crippen LogP contribution in [0.15, 0.2) is 24.3 Å². The van der Waals surface area contributed by atoms with Crippen molar-refractivity contribution in [3.8, 4) is 5.75 Å². The molecule has 2 fully saturated rings. The molecule has 7 heteroatoms. The Morgan fingerprint density at radius 1 is 1.14 bits per heavy atom. The Kier molecular flexibility index (Phi) is 8.60. The molecule has 29 heavy (non-hydrogen) atoms. The van der Waals surface area contributed by atoms with Crippen molar-refractivity contribution in [1.29, 1.82) is 0 Å². The lowest BCUT2D eigenvalue weighted by atomic mass is 9.95. The van der Waals surface area contributed by atoms with Gasteiger partial charge in [0, 0.05) is 24.7 Å². The summed E-state index contributed by atoms with van der Waals surface area (Å²) >= 11 is 5.85. The smallest absolute Gasteiger partial charge is 0.234 e. The lowest BCUT2D eigenvalue weighted by Crippen LogP contribution is -2.49. The van der Waals surface area contributed by atoms with E-state index in [1.165, 1.54) is 0 Å². The van der Waals surface area contributed by atoms with Crippen molar-refractivity contribution in [2.24, 2.45) is 5.92 Å². The zero-order valence-corrected chi connectivity index (χ0v) is 18.4. The van der Waals surface area contributed by atoms with Gasteiger partial charge in [0.1, 0.15) is 12.4 Å². The third kappa shape index (κ3) is 7.78. The number of carbonyl (C=O) groups excluding carboxylic acids is 1. The van der Waals surface area contributed by atoms with Crippen LogP contribution in [0.1, 0.15) is 26.7 Å². The zero-order chi connectivity index (χ0) is 20.6. The summed E-state index contributed by atoms with van der Waals surface area (Å²) in [5, 5.41) is 3.63. The van der Waals surface area contributed by atoms with E-state index in [1.807, 2.05) is 12.1 Å². The highest BCUT2D eigenvalue weighted by Crippen LogP contribution is 2.20. The van der Waals surface area contributed by atoms with Crippen molar-refractivity contribution in [2.45, 2.75) is 38.9 Å². The monoisotopic (exact) mass is 423 g/mol. The second-order valence-corrected chi connectivity index (χ2v) is 8.78. The number of halogens is 1. The number of carbonyl (C=O) groups is 1. The fraction of sp³-hybridized carbons (Fsp3) is 0.682. The molecule has 2 saturated heterocycles. The Morgan fingerprint density at radius 3 is 2.45 bits per heavy atom. The number of nitrogens with one attached hydrogen (secondary N) is 1. The van der Waals surface area contributed by atoms with Crippen molar-refractivity contribution >= 4 is 17.5 Å². The van der Waals surface area contributed by atoms with Crippen LogP contribution in [0.25, 0.3) is 0 Å². The van der Waals surface area contributed by atoms with E-state index in [1.54, 1.807) is 12.1 Å². The van der Waals surface area contributed by atoms with Gasteiger partial charge in [-0.1, -0.05) is 11.6 Å². The zero-order valence-electron chi connectivity index (χ0n) is 17.6. The molecule has 1 aromatic carbocycles. The SMILES string of the molecule is CC1CN(CC2CCN(CC(=O)NCCOc3ccc(Cl)cc3)CC2)CC(C)O1. The van der Waals surface area contributed by atoms with Crippen LogP contribution in [0.4, 0.5) is 0 Å². The number of hydrogen-bond acceptors (Lipinski definition) is 5. The largest absolute Gasteiger partial charge is 0.492 e. The first-order valence-corrected chi connectivity index (χ1v) is 11.1. The number of amides is 1. The molecule has 0 saturated carbocycles. The molecule has 2 heterocycles. The van der Waals surface area contributed by atoms with Gasteiger partial charge in [-0.25, -0.2) is 0 Å². The van der Waals surface area contributed by atoms with Crippen LogP contribution in [0.2, 0.25) is 5.02 Å². The summed E-state index contributed by atoms with van der Waals surface area (Å²) < 4.78 is 11.4. The normalized spacial score (nSPS) is 24.4. The molecule has 1 aromatic rings. The molecule has 0 radical (unpaired) electrons. The van der Waals surface area contributed by atoms with E-state index >= 15 is 0 Å². The van der Waals surface area contributed by atoms with E-state index in [0.29, 0.717) is 36.9 Å². The summed E-state index contributed by atoms with van der Waals surface area (Å²) in [5.74, 6) is 1.55. The molecule has 1 amide bonds. The number of nitrogens with zero attached hydrogens (tertiary/aromatic N) is 2. The van der Waals surface area contributed by atoms with E-state index in [0.717, 1.165) is 57.2 Å². The maximum absolute atomic E-state index is 12.2. The minimum absolute atomic E-state index is 0.0685. The van der Waals surface area contributed by atoms with Gasteiger partial charge < -0.3 is 14.8 Å². The highest BCUT2D eigenvalue weighted by molar-refractivity contribution is 6.30. The first kappa shape index (κ1) is 22.3. The van der Waals surface area contributed by atoms with Gasteiger partial charge in [0.2, 0.25) is 5.91 Å². The quantitative estimate of drug-likeness (QED) is 0.651. The van der Waals surface area contributed by atoms with E-state index in [2.05, 4.69) is 29.0 Å². The molecule has 3 rings (SSSR count). The van der Waals surface area contributed by atoms with Crippen LogP contribution in [0.5, 0.6) is 5.75 Å². The van der Waals surface area contributed by atoms with Gasteiger partial charge in [-0.05, 0) is 70.0 Å². The molecule has 1 N–H and O–H groups in total. The number of piperidine rings is 1. The maximum Gasteiger partial charge on any atom is 0.234 e. The fourth-order valence-electron chi connectivity index (χ4n) is 4.27. The second-order valence-electron chi connectivity index (χ2n) is 8.35. The number of hydrogen-bond donors (Lipinski definition) is 1. The fourth-order valence-corrected chi connectivity index (χ4v) is 4.40. The molecule has 162 valence electrons. The van der Waals surface area contributed by atoms with Gasteiger partial charge in [0.15, 0.2) is 0 Å². The molecular formula is C22H34ClN3O3. The van der Waals surface area contributed by atoms with E-state index in [9.17, 15) is 4.79 Å². The van der Waals surface area contributed by atoms with Gasteiger partial charge in [-0.15, -0.1) is 0 Å². The molecule has 0 aliphatic carbocycles. The Hall–Kier alpha value is -1.34. The Balaban J connectivity index is 1.27. The highest BCUT2D eigenvalue weighted by Gasteiger charge is 2.27. The van der Waals surface area contributed by atoms with Crippen LogP contribution in [0, 0.1) is 5.92 Å². The minimum Gasteiger partial charge on any atom is -0.492 e. The Bertz CT molecular complexity index is 625. The topological polar surface area (TPSA) is 54.0 Å². The molecule has 2 aliphatic heterocycles. The maximum atomic E-state index is 12.2. The summed E-state index contributed by atoms with van der Waals surface area (Å²) in [4.78, 5) is 17.0. The third-order valence-corrected chi connectivity index (χ3v) is 5.84. The predicted octanol–water partition coefficient (Wildman–Crippen LogP) is 2.66. The third-order valence-electron chi connectivity index (χ3n) is 5.59. The second kappa shape index (κ2) is 11.2. The molecule has 0 bridgehead atoms. The van der Waals surface area contributed by atoms with Crippen molar-refractivity contribution in [3.63, 3.8) is 0 Å². The number of rotatable bonds is 8. The van der Waals surface area contributed by atoms with Crippen LogP contribution in [-0.4, -0.2) is 80.3 Å². The summed E-state index contributed by atoms with van der Waals surface area (Å²) in [5.41, 5.74) is 0. The van der Waals surface area contributed by atoms with E-state index in [-0.39, 0.29) is 5.91 Å². The van der Waals surface area contributed by atoms with Crippen LogP contribution in [0.3, 0.4) is 0 Å². The van der Waals surface area contributed by atoms with E-state index < -0.39 is 0 Å². The highest BCUT2D eigenvalue weighted by atomic mass is 35.5. The Morgan fingerprint density at radius 2 is 1.79 bits per heavy atom. The van der Waals surface area contributed by atoms with Gasteiger partial charge >= 0.3 is 0 Å². The lowest BCUT2D eigenvalue weighted by Gasteiger charge is -2.39. The number of ether oxygens (including phenoxy) is 2. The molecule has 0 aromatic heterocycles. The lowest BCUT2D eigenvalue weighted by molar-refractivity contribution is -0.122. The van der Waals surface area contributed by atoms with E-state index in [4.69, 9.17) is 21.1 Å². The first-order chi connectivity index (χ1) is 14.0. The van der Waals surface area contributed by atoms with Crippen molar-refractivity contribution < 1.29 is 14.3 Å². The molecule has 2 aliphatic rings. The van der Waals surface area contributed by atoms with Crippen LogP contribution < -0.4 is 10.1 Å². The number of morpholine rings is 1. The van der Waals surface area contributed by atoms with Gasteiger partial charge in [-0.3, -0.25) is 14.6 Å². The molecule has 6 nitrogen and oxygen atoms in total. The average Bonchev–Trinajstić information content (AvgIpc) is 2.67. The standard InChI is InChI=1S/C22H34ClN3O3/c1-17-13-26(14-18(2)29-17)15-19-7-10-25(11-8-19)16-22(27)24-9-12-28-21-5-3-20(23)4-6-21/h3-6,17-19H,7-16H2,1-2H3,(H,24,27). The predicted molar refractivity (Wildman–Crippen MR) is 116 cm³/mol. The van der Waals surface area contributed by atoms with Crippen LogP contribution in [-0.2, 0) is 9.53 Å². The first-order valence-electron chi connectivity index (χ1n) is 10.7. The summed E-state index contributed by atoms with van der Waals surface area (Å²) in [6.07, 6.45) is 2.97. The van der Waals surface area contributed by atoms with Crippen LogP contribution >= 0.6 is 11.6 Å². The summed E-state index contributed by atoms with van der Waals surface area (Å²) in [6, 6.07) is 7.23. The van der Waals surface area contributed by atoms with Crippen molar-refractivity contribution in [2.75, 3.05) is 52.4 Å². The molecular weight excluding hydrogens is 390 g/mol. The summed E-state index contributed by atoms with van der Waals surface area (Å²) in [7, 11) is 0. The molecule has 0 spiro atoms. The number of likely N-dealkylation sites (tertiary alicyclic amines) is 1. The number of benzene rings is 1.